The van der Waals surface area contributed by atoms with Gasteiger partial charge in [-0.3, -0.25) is 14.6 Å². The molecule has 2 amide bonds. The molecule has 0 radical (unpaired) electrons. The first-order chi connectivity index (χ1) is 12.5. The topological polar surface area (TPSA) is 84.4 Å². The minimum atomic E-state index is -0.530. The highest BCUT2D eigenvalue weighted by atomic mass is 16.5. The zero-order valence-electron chi connectivity index (χ0n) is 15.4. The van der Waals surface area contributed by atoms with Crippen LogP contribution in [0.2, 0.25) is 0 Å². The van der Waals surface area contributed by atoms with Gasteiger partial charge in [0.05, 0.1) is 18.8 Å². The molecule has 1 N–H and O–H groups in total. The Hall–Kier alpha value is -2.44. The number of aromatic nitrogens is 2. The minimum Gasteiger partial charge on any atom is -0.493 e. The molecular formula is C19H26N4O3. The second-order valence-corrected chi connectivity index (χ2v) is 7.23. The Morgan fingerprint density at radius 2 is 2.12 bits per heavy atom. The van der Waals surface area contributed by atoms with Crippen molar-refractivity contribution in [3.63, 3.8) is 0 Å². The predicted octanol–water partition coefficient (Wildman–Crippen LogP) is 2.52. The standard InChI is InChI=1S/C19H26N4O3/c1-13(2)26-15-10-18(24)23(12-15)16(9-14-5-3-4-6-14)19(25)22-17-11-20-7-8-21-17/h7-8,10-11,13-14,16H,3-6,9,12H2,1-2H3,(H,21,22,25)/t16-/m0/s1. The number of anilines is 1. The number of rotatable bonds is 7. The maximum atomic E-state index is 12.9. The largest absolute Gasteiger partial charge is 0.493 e. The van der Waals surface area contributed by atoms with Gasteiger partial charge < -0.3 is 15.0 Å². The SMILES string of the molecule is CC(C)OC1=CC(=O)N([C@@H](CC2CCCC2)C(=O)Nc2cnccn2)C1. The summed E-state index contributed by atoms with van der Waals surface area (Å²) >= 11 is 0. The molecule has 0 unspecified atom stereocenters. The Balaban J connectivity index is 1.73. The molecule has 1 fully saturated rings. The molecule has 1 aromatic heterocycles. The first-order valence-corrected chi connectivity index (χ1v) is 9.27. The van der Waals surface area contributed by atoms with Crippen molar-refractivity contribution < 1.29 is 14.3 Å². The van der Waals surface area contributed by atoms with Crippen LogP contribution in [0.5, 0.6) is 0 Å². The maximum absolute atomic E-state index is 12.9. The van der Waals surface area contributed by atoms with Gasteiger partial charge in [0.15, 0.2) is 5.82 Å². The van der Waals surface area contributed by atoms with Crippen molar-refractivity contribution in [2.75, 3.05) is 11.9 Å². The van der Waals surface area contributed by atoms with E-state index in [0.29, 0.717) is 30.5 Å². The second kappa shape index (κ2) is 8.29. The third kappa shape index (κ3) is 4.59. The molecule has 2 aliphatic rings. The Labute approximate surface area is 153 Å². The van der Waals surface area contributed by atoms with Crippen molar-refractivity contribution in [2.45, 2.75) is 58.1 Å². The summed E-state index contributed by atoms with van der Waals surface area (Å²) in [6.07, 6.45) is 11.3. The van der Waals surface area contributed by atoms with Gasteiger partial charge in [-0.05, 0) is 26.2 Å². The number of ether oxygens (including phenoxy) is 1. The fourth-order valence-electron chi connectivity index (χ4n) is 3.66. The molecule has 0 bridgehead atoms. The lowest BCUT2D eigenvalue weighted by Gasteiger charge is -2.29. The van der Waals surface area contributed by atoms with Gasteiger partial charge in [0.2, 0.25) is 5.91 Å². The van der Waals surface area contributed by atoms with E-state index in [9.17, 15) is 9.59 Å². The van der Waals surface area contributed by atoms with E-state index < -0.39 is 6.04 Å². The van der Waals surface area contributed by atoms with Crippen LogP contribution in [-0.2, 0) is 14.3 Å². The van der Waals surface area contributed by atoms with Crippen molar-refractivity contribution >= 4 is 17.6 Å². The Morgan fingerprint density at radius 1 is 1.35 bits per heavy atom. The van der Waals surface area contributed by atoms with Gasteiger partial charge in [-0.15, -0.1) is 0 Å². The van der Waals surface area contributed by atoms with E-state index in [1.54, 1.807) is 11.1 Å². The number of amides is 2. The fraction of sp³-hybridized carbons (Fsp3) is 0.579. The summed E-state index contributed by atoms with van der Waals surface area (Å²) < 4.78 is 5.67. The lowest BCUT2D eigenvalue weighted by molar-refractivity contribution is -0.134. The van der Waals surface area contributed by atoms with E-state index in [4.69, 9.17) is 4.74 Å². The lowest BCUT2D eigenvalue weighted by Crippen LogP contribution is -2.46. The van der Waals surface area contributed by atoms with E-state index >= 15 is 0 Å². The highest BCUT2D eigenvalue weighted by Gasteiger charge is 2.36. The van der Waals surface area contributed by atoms with E-state index in [1.165, 1.54) is 31.3 Å². The van der Waals surface area contributed by atoms with Crippen molar-refractivity contribution in [2.24, 2.45) is 5.92 Å². The Kier molecular flexibility index (Phi) is 5.85. The molecule has 1 atom stereocenters. The van der Waals surface area contributed by atoms with Gasteiger partial charge >= 0.3 is 0 Å². The van der Waals surface area contributed by atoms with Gasteiger partial charge in [-0.2, -0.15) is 0 Å². The highest BCUT2D eigenvalue weighted by molar-refractivity contribution is 5.99. The molecule has 3 rings (SSSR count). The molecule has 140 valence electrons. The summed E-state index contributed by atoms with van der Waals surface area (Å²) in [6, 6.07) is -0.530. The van der Waals surface area contributed by atoms with Gasteiger partial charge in [-0.25, -0.2) is 4.98 Å². The van der Waals surface area contributed by atoms with Gasteiger partial charge in [0.25, 0.3) is 5.91 Å². The van der Waals surface area contributed by atoms with E-state index in [2.05, 4.69) is 15.3 Å². The summed E-state index contributed by atoms with van der Waals surface area (Å²) in [7, 11) is 0. The van der Waals surface area contributed by atoms with Crippen LogP contribution in [0.1, 0.15) is 46.0 Å². The molecule has 1 aromatic rings. The number of hydrogen-bond donors (Lipinski definition) is 1. The van der Waals surface area contributed by atoms with Crippen LogP contribution >= 0.6 is 0 Å². The monoisotopic (exact) mass is 358 g/mol. The summed E-state index contributed by atoms with van der Waals surface area (Å²) in [4.78, 5) is 35.1. The number of nitrogens with one attached hydrogen (secondary N) is 1. The van der Waals surface area contributed by atoms with Gasteiger partial charge in [0.1, 0.15) is 11.8 Å². The molecule has 26 heavy (non-hydrogen) atoms. The molecule has 7 nitrogen and oxygen atoms in total. The molecule has 0 saturated heterocycles. The lowest BCUT2D eigenvalue weighted by atomic mass is 9.97. The fourth-order valence-corrected chi connectivity index (χ4v) is 3.66. The molecule has 0 spiro atoms. The molecule has 1 aliphatic heterocycles. The number of nitrogens with zero attached hydrogens (tertiary/aromatic N) is 3. The average Bonchev–Trinajstić information content (AvgIpc) is 3.22. The third-order valence-electron chi connectivity index (χ3n) is 4.81. The van der Waals surface area contributed by atoms with Crippen LogP contribution in [-0.4, -0.2) is 45.4 Å². The summed E-state index contributed by atoms with van der Waals surface area (Å²) in [5.74, 6) is 1.10. The van der Waals surface area contributed by atoms with E-state index in [0.717, 1.165) is 12.8 Å². The Bertz CT molecular complexity index is 669. The molecule has 1 aliphatic carbocycles. The zero-order chi connectivity index (χ0) is 18.5. The van der Waals surface area contributed by atoms with Crippen molar-refractivity contribution in [1.29, 1.82) is 0 Å². The molecule has 2 heterocycles. The van der Waals surface area contributed by atoms with E-state index in [-0.39, 0.29) is 17.9 Å². The minimum absolute atomic E-state index is 0.00398. The first kappa shape index (κ1) is 18.4. The smallest absolute Gasteiger partial charge is 0.251 e. The zero-order valence-corrected chi connectivity index (χ0v) is 15.4. The first-order valence-electron chi connectivity index (χ1n) is 9.27. The second-order valence-electron chi connectivity index (χ2n) is 7.23. The quantitative estimate of drug-likeness (QED) is 0.809. The molecule has 1 saturated carbocycles. The molecule has 0 aromatic carbocycles. The Morgan fingerprint density at radius 3 is 2.77 bits per heavy atom. The van der Waals surface area contributed by atoms with Crippen LogP contribution in [0.4, 0.5) is 5.82 Å². The van der Waals surface area contributed by atoms with Crippen LogP contribution < -0.4 is 5.32 Å². The number of carbonyl (C=O) groups is 2. The van der Waals surface area contributed by atoms with Crippen LogP contribution in [0.3, 0.4) is 0 Å². The van der Waals surface area contributed by atoms with Crippen molar-refractivity contribution in [1.82, 2.24) is 14.9 Å². The van der Waals surface area contributed by atoms with Crippen molar-refractivity contribution in [3.8, 4) is 0 Å². The normalized spacial score (nSPS) is 19.0. The van der Waals surface area contributed by atoms with Crippen LogP contribution in [0, 0.1) is 5.92 Å². The van der Waals surface area contributed by atoms with Crippen LogP contribution in [0.15, 0.2) is 30.4 Å². The molecular weight excluding hydrogens is 332 g/mol. The van der Waals surface area contributed by atoms with Gasteiger partial charge in [-0.1, -0.05) is 25.7 Å². The third-order valence-corrected chi connectivity index (χ3v) is 4.81. The van der Waals surface area contributed by atoms with E-state index in [1.807, 2.05) is 13.8 Å². The van der Waals surface area contributed by atoms with Crippen molar-refractivity contribution in [3.05, 3.63) is 30.4 Å². The maximum Gasteiger partial charge on any atom is 0.251 e. The predicted molar refractivity (Wildman–Crippen MR) is 97.0 cm³/mol. The van der Waals surface area contributed by atoms with Crippen LogP contribution in [0.25, 0.3) is 0 Å². The molecule has 7 heteroatoms. The summed E-state index contributed by atoms with van der Waals surface area (Å²) in [5, 5.41) is 2.80. The number of carbonyl (C=O) groups excluding carboxylic acids is 2. The van der Waals surface area contributed by atoms with Gasteiger partial charge in [0, 0.05) is 18.5 Å². The highest BCUT2D eigenvalue weighted by Crippen LogP contribution is 2.31. The summed E-state index contributed by atoms with van der Waals surface area (Å²) in [5.41, 5.74) is 0. The summed E-state index contributed by atoms with van der Waals surface area (Å²) in [6.45, 7) is 4.18. The average molecular weight is 358 g/mol. The number of hydrogen-bond acceptors (Lipinski definition) is 5.